The van der Waals surface area contributed by atoms with Crippen LogP contribution in [0.25, 0.3) is 0 Å². The van der Waals surface area contributed by atoms with Crippen molar-refractivity contribution in [1.82, 2.24) is 0 Å². The molecular weight excluding hydrogens is 167 g/mol. The first-order chi connectivity index (χ1) is 4.57. The molecule has 0 atom stereocenters. The standard InChI is InChI=1S/C5H4O5.Al/c1-2-3(6)10-5(9)4(7)8;/h2H,1H2,(H,7,8);. The summed E-state index contributed by atoms with van der Waals surface area (Å²) in [5.74, 6) is -4.49. The first-order valence-electron chi connectivity index (χ1n) is 2.19. The molecule has 0 aromatic heterocycles. The lowest BCUT2D eigenvalue weighted by Gasteiger charge is -1.91. The Balaban J connectivity index is 0. The first kappa shape index (κ1) is 12.5. The van der Waals surface area contributed by atoms with E-state index >= 15 is 0 Å². The fourth-order valence-corrected chi connectivity index (χ4v) is 0.177. The lowest BCUT2D eigenvalue weighted by Crippen LogP contribution is -2.19. The second-order valence-corrected chi connectivity index (χ2v) is 1.22. The van der Waals surface area contributed by atoms with Crippen LogP contribution in [0.1, 0.15) is 0 Å². The fraction of sp³-hybridized carbons (Fsp3) is 0. The second kappa shape index (κ2) is 5.65. The molecule has 1 N–H and O–H groups in total. The van der Waals surface area contributed by atoms with E-state index in [0.29, 0.717) is 6.08 Å². The van der Waals surface area contributed by atoms with Gasteiger partial charge in [-0.2, -0.15) is 0 Å². The van der Waals surface area contributed by atoms with Crippen LogP contribution >= 0.6 is 0 Å². The third-order valence-electron chi connectivity index (χ3n) is 0.535. The summed E-state index contributed by atoms with van der Waals surface area (Å²) < 4.78 is 3.67. The molecule has 5 nitrogen and oxygen atoms in total. The number of carboxylic acids is 1. The highest BCUT2D eigenvalue weighted by Crippen LogP contribution is 1.80. The van der Waals surface area contributed by atoms with Gasteiger partial charge in [0.1, 0.15) is 0 Å². The summed E-state index contributed by atoms with van der Waals surface area (Å²) in [7, 11) is 0. The maximum atomic E-state index is 10.1. The number of ether oxygens (including phenoxy) is 1. The van der Waals surface area contributed by atoms with E-state index in [2.05, 4.69) is 11.3 Å². The van der Waals surface area contributed by atoms with Crippen LogP contribution in [0.4, 0.5) is 0 Å². The van der Waals surface area contributed by atoms with Crippen molar-refractivity contribution in [1.29, 1.82) is 0 Å². The van der Waals surface area contributed by atoms with Gasteiger partial charge in [-0.3, -0.25) is 0 Å². The highest BCUT2D eigenvalue weighted by molar-refractivity contribution is 6.30. The average molecular weight is 171 g/mol. The van der Waals surface area contributed by atoms with Gasteiger partial charge < -0.3 is 9.84 Å². The van der Waals surface area contributed by atoms with Gasteiger partial charge in [0.05, 0.1) is 0 Å². The molecule has 0 aliphatic rings. The van der Waals surface area contributed by atoms with Gasteiger partial charge in [-0.05, 0) is 0 Å². The fourth-order valence-electron chi connectivity index (χ4n) is 0.177. The van der Waals surface area contributed by atoms with Gasteiger partial charge in [0, 0.05) is 23.4 Å². The Kier molecular flexibility index (Phi) is 6.45. The smallest absolute Gasteiger partial charge is 0.425 e. The molecule has 0 fully saturated rings. The molecule has 0 aromatic rings. The van der Waals surface area contributed by atoms with Crippen molar-refractivity contribution in [2.75, 3.05) is 0 Å². The Morgan fingerprint density at radius 2 is 1.82 bits per heavy atom. The van der Waals surface area contributed by atoms with E-state index in [1.165, 1.54) is 0 Å². The molecule has 0 aromatic carbocycles. The highest BCUT2D eigenvalue weighted by Gasteiger charge is 2.15. The van der Waals surface area contributed by atoms with Gasteiger partial charge >= 0.3 is 17.9 Å². The van der Waals surface area contributed by atoms with E-state index < -0.39 is 17.9 Å². The molecule has 0 rings (SSSR count). The Labute approximate surface area is 72.8 Å². The predicted molar refractivity (Wildman–Crippen MR) is 34.7 cm³/mol. The van der Waals surface area contributed by atoms with Crippen LogP contribution in [-0.2, 0) is 19.1 Å². The Morgan fingerprint density at radius 1 is 1.36 bits per heavy atom. The average Bonchev–Trinajstić information content (AvgIpc) is 1.87. The minimum absolute atomic E-state index is 0. The van der Waals surface area contributed by atoms with Gasteiger partial charge in [0.25, 0.3) is 0 Å². The van der Waals surface area contributed by atoms with E-state index in [-0.39, 0.29) is 17.4 Å². The van der Waals surface area contributed by atoms with Crippen molar-refractivity contribution >= 4 is 35.3 Å². The maximum absolute atomic E-state index is 10.1. The number of rotatable bonds is 1. The van der Waals surface area contributed by atoms with E-state index in [4.69, 9.17) is 5.11 Å². The number of aliphatic carboxylic acids is 1. The van der Waals surface area contributed by atoms with E-state index in [9.17, 15) is 14.4 Å². The minimum atomic E-state index is -1.81. The second-order valence-electron chi connectivity index (χ2n) is 1.22. The van der Waals surface area contributed by atoms with Gasteiger partial charge in [-0.25, -0.2) is 14.4 Å². The molecule has 11 heavy (non-hydrogen) atoms. The number of hydrogen-bond acceptors (Lipinski definition) is 4. The number of hydrogen-bond donors (Lipinski definition) is 1. The summed E-state index contributed by atoms with van der Waals surface area (Å²) in [6, 6.07) is 0. The van der Waals surface area contributed by atoms with Crippen molar-refractivity contribution < 1.29 is 24.2 Å². The molecule has 0 heterocycles. The van der Waals surface area contributed by atoms with Gasteiger partial charge in [-0.15, -0.1) is 0 Å². The minimum Gasteiger partial charge on any atom is -0.473 e. The predicted octanol–water partition coefficient (Wildman–Crippen LogP) is -1.05. The quantitative estimate of drug-likeness (QED) is 0.179. The van der Waals surface area contributed by atoms with Crippen molar-refractivity contribution in [2.24, 2.45) is 0 Å². The summed E-state index contributed by atoms with van der Waals surface area (Å²) in [5.41, 5.74) is 0. The molecule has 0 saturated heterocycles. The molecule has 6 heteroatoms. The van der Waals surface area contributed by atoms with Crippen LogP contribution in [0.2, 0.25) is 0 Å². The van der Waals surface area contributed by atoms with Crippen molar-refractivity contribution in [3.05, 3.63) is 12.7 Å². The Bertz CT molecular complexity index is 197. The normalized spacial score (nSPS) is 7.27. The first-order valence-corrected chi connectivity index (χ1v) is 2.19. The van der Waals surface area contributed by atoms with Crippen molar-refractivity contribution in [3.63, 3.8) is 0 Å². The number of carbonyl (C=O) groups excluding carboxylic acids is 2. The van der Waals surface area contributed by atoms with Crippen LogP contribution in [-0.4, -0.2) is 40.4 Å². The molecule has 0 spiro atoms. The summed E-state index contributed by atoms with van der Waals surface area (Å²) in [6.45, 7) is 2.95. The van der Waals surface area contributed by atoms with Crippen LogP contribution in [0, 0.1) is 0 Å². The third kappa shape index (κ3) is 5.33. The molecule has 0 aliphatic heterocycles. The Morgan fingerprint density at radius 3 is 2.09 bits per heavy atom. The SMILES string of the molecule is C=CC(=O)OC(=O)C(=O)O.[Al]. The van der Waals surface area contributed by atoms with Crippen molar-refractivity contribution in [2.45, 2.75) is 0 Å². The lowest BCUT2D eigenvalue weighted by atomic mass is 10.6. The summed E-state index contributed by atoms with van der Waals surface area (Å²) in [4.78, 5) is 29.8. The summed E-state index contributed by atoms with van der Waals surface area (Å²) >= 11 is 0. The molecule has 0 aliphatic carbocycles. The zero-order chi connectivity index (χ0) is 8.15. The molecule has 0 unspecified atom stereocenters. The Hall–Kier alpha value is -1.12. The monoisotopic (exact) mass is 171 g/mol. The highest BCUT2D eigenvalue weighted by atomic mass is 27.0. The number of carboxylic acid groups (broad SMARTS) is 1. The van der Waals surface area contributed by atoms with E-state index in [0.717, 1.165) is 0 Å². The maximum Gasteiger partial charge on any atom is 0.425 e. The van der Waals surface area contributed by atoms with Crippen LogP contribution in [0.5, 0.6) is 0 Å². The number of esters is 2. The zero-order valence-corrected chi connectivity index (χ0v) is 6.60. The molecule has 0 saturated carbocycles. The molecule has 0 bridgehead atoms. The van der Waals surface area contributed by atoms with E-state index in [1.807, 2.05) is 0 Å². The van der Waals surface area contributed by atoms with Gasteiger partial charge in [0.15, 0.2) is 0 Å². The van der Waals surface area contributed by atoms with E-state index in [1.54, 1.807) is 0 Å². The van der Waals surface area contributed by atoms with Crippen molar-refractivity contribution in [3.8, 4) is 0 Å². The molecular formula is C5H4AlO5. The topological polar surface area (TPSA) is 80.7 Å². The summed E-state index contributed by atoms with van der Waals surface area (Å²) in [5, 5.41) is 7.87. The lowest BCUT2D eigenvalue weighted by molar-refractivity contribution is -0.168. The molecule has 0 amide bonds. The van der Waals surface area contributed by atoms with Gasteiger partial charge in [-0.1, -0.05) is 6.58 Å². The van der Waals surface area contributed by atoms with Gasteiger partial charge in [0.2, 0.25) is 0 Å². The van der Waals surface area contributed by atoms with Crippen LogP contribution in [0.3, 0.4) is 0 Å². The summed E-state index contributed by atoms with van der Waals surface area (Å²) in [6.07, 6.45) is 0.695. The zero-order valence-electron chi connectivity index (χ0n) is 5.44. The molecule has 3 radical (unpaired) electrons. The number of carbonyl (C=O) groups is 3. The third-order valence-corrected chi connectivity index (χ3v) is 0.535. The van der Waals surface area contributed by atoms with Crippen LogP contribution < -0.4 is 0 Å². The molecule has 57 valence electrons. The van der Waals surface area contributed by atoms with Crippen LogP contribution in [0.15, 0.2) is 12.7 Å². The largest absolute Gasteiger partial charge is 0.473 e.